The molecule has 1 heteroatoms. The number of hydrogen-bond acceptors (Lipinski definition) is 1. The van der Waals surface area contributed by atoms with Gasteiger partial charge in [0.05, 0.1) is 6.61 Å². The van der Waals surface area contributed by atoms with Crippen LogP contribution >= 0.6 is 0 Å². The van der Waals surface area contributed by atoms with E-state index in [-0.39, 0.29) is 0 Å². The molecule has 0 aliphatic rings. The van der Waals surface area contributed by atoms with Crippen LogP contribution in [-0.4, -0.2) is 6.61 Å². The standard InChI is InChI=1S/C10H16O/c1-4-7-9-11-10(6-3)8-5-2/h4-6,8H,1,7,9H2,2-3H3/b8-5-,10-6+. The first-order valence-corrected chi connectivity index (χ1v) is 3.87. The lowest BCUT2D eigenvalue weighted by atomic mass is 10.4. The summed E-state index contributed by atoms with van der Waals surface area (Å²) in [7, 11) is 0. The van der Waals surface area contributed by atoms with E-state index < -0.39 is 0 Å². The minimum atomic E-state index is 0.716. The van der Waals surface area contributed by atoms with Gasteiger partial charge >= 0.3 is 0 Å². The summed E-state index contributed by atoms with van der Waals surface area (Å²) >= 11 is 0. The predicted molar refractivity (Wildman–Crippen MR) is 49.3 cm³/mol. The molecule has 0 N–H and O–H groups in total. The molecule has 0 rings (SSSR count). The summed E-state index contributed by atoms with van der Waals surface area (Å²) in [4.78, 5) is 0. The maximum atomic E-state index is 5.38. The summed E-state index contributed by atoms with van der Waals surface area (Å²) in [5, 5.41) is 0. The highest BCUT2D eigenvalue weighted by atomic mass is 16.5. The zero-order valence-electron chi connectivity index (χ0n) is 7.34. The molecule has 0 radical (unpaired) electrons. The van der Waals surface area contributed by atoms with E-state index in [2.05, 4.69) is 6.58 Å². The molecule has 0 aromatic rings. The van der Waals surface area contributed by atoms with Crippen molar-refractivity contribution in [1.29, 1.82) is 0 Å². The van der Waals surface area contributed by atoms with Crippen LogP contribution in [0.25, 0.3) is 0 Å². The molecule has 0 fully saturated rings. The molecule has 1 nitrogen and oxygen atoms in total. The lowest BCUT2D eigenvalue weighted by Gasteiger charge is -2.03. The average molecular weight is 152 g/mol. The number of allylic oxidation sites excluding steroid dienone is 3. The van der Waals surface area contributed by atoms with Crippen LogP contribution in [0.4, 0.5) is 0 Å². The number of rotatable bonds is 5. The van der Waals surface area contributed by atoms with E-state index in [0.717, 1.165) is 12.2 Å². The van der Waals surface area contributed by atoms with Gasteiger partial charge in [-0.2, -0.15) is 0 Å². The SMILES string of the molecule is C=CCCOC(/C=C\C)=C/C. The molecule has 0 aromatic heterocycles. The Balaban J connectivity index is 3.62. The van der Waals surface area contributed by atoms with Crippen molar-refractivity contribution in [2.24, 2.45) is 0 Å². The molecule has 0 unspecified atom stereocenters. The maximum absolute atomic E-state index is 5.38. The fourth-order valence-corrected chi connectivity index (χ4v) is 0.652. The van der Waals surface area contributed by atoms with E-state index in [9.17, 15) is 0 Å². The first-order chi connectivity index (χ1) is 5.35. The third kappa shape index (κ3) is 5.46. The third-order valence-electron chi connectivity index (χ3n) is 1.21. The lowest BCUT2D eigenvalue weighted by Crippen LogP contribution is -1.90. The van der Waals surface area contributed by atoms with Crippen molar-refractivity contribution in [3.63, 3.8) is 0 Å². The van der Waals surface area contributed by atoms with Crippen molar-refractivity contribution in [2.45, 2.75) is 20.3 Å². The van der Waals surface area contributed by atoms with Gasteiger partial charge in [0.1, 0.15) is 5.76 Å². The van der Waals surface area contributed by atoms with Crippen molar-refractivity contribution >= 4 is 0 Å². The molecule has 0 aliphatic heterocycles. The Kier molecular flexibility index (Phi) is 6.50. The van der Waals surface area contributed by atoms with Crippen LogP contribution in [0.1, 0.15) is 20.3 Å². The summed E-state index contributed by atoms with van der Waals surface area (Å²) in [6.45, 7) is 8.26. The molecule has 0 spiro atoms. The van der Waals surface area contributed by atoms with Crippen molar-refractivity contribution < 1.29 is 4.74 Å². The molecule has 11 heavy (non-hydrogen) atoms. The van der Waals surface area contributed by atoms with Crippen LogP contribution in [-0.2, 0) is 4.74 Å². The van der Waals surface area contributed by atoms with Crippen LogP contribution in [0, 0.1) is 0 Å². The van der Waals surface area contributed by atoms with Gasteiger partial charge in [0, 0.05) is 0 Å². The predicted octanol–water partition coefficient (Wildman–Crippen LogP) is 3.06. The van der Waals surface area contributed by atoms with E-state index in [0.29, 0.717) is 6.61 Å². The molecule has 0 aromatic carbocycles. The van der Waals surface area contributed by atoms with Gasteiger partial charge in [-0.05, 0) is 32.4 Å². The van der Waals surface area contributed by atoms with Crippen LogP contribution < -0.4 is 0 Å². The summed E-state index contributed by atoms with van der Waals surface area (Å²) in [5.41, 5.74) is 0. The highest BCUT2D eigenvalue weighted by molar-refractivity contribution is 5.09. The van der Waals surface area contributed by atoms with Gasteiger partial charge in [-0.1, -0.05) is 12.2 Å². The molecule has 0 amide bonds. The molecule has 0 saturated carbocycles. The van der Waals surface area contributed by atoms with E-state index in [4.69, 9.17) is 4.74 Å². The van der Waals surface area contributed by atoms with Crippen LogP contribution in [0.3, 0.4) is 0 Å². The molecule has 0 bridgehead atoms. The van der Waals surface area contributed by atoms with Gasteiger partial charge in [0.15, 0.2) is 0 Å². The zero-order valence-corrected chi connectivity index (χ0v) is 7.34. The lowest BCUT2D eigenvalue weighted by molar-refractivity contribution is 0.230. The quantitative estimate of drug-likeness (QED) is 0.254. The van der Waals surface area contributed by atoms with Gasteiger partial charge in [-0.3, -0.25) is 0 Å². The Labute approximate surface area is 69.1 Å². The fourth-order valence-electron chi connectivity index (χ4n) is 0.652. The highest BCUT2D eigenvalue weighted by Crippen LogP contribution is 1.99. The third-order valence-corrected chi connectivity index (χ3v) is 1.21. The van der Waals surface area contributed by atoms with E-state index in [1.165, 1.54) is 0 Å². The van der Waals surface area contributed by atoms with Crippen molar-refractivity contribution in [3.8, 4) is 0 Å². The van der Waals surface area contributed by atoms with Crippen molar-refractivity contribution in [1.82, 2.24) is 0 Å². The second-order valence-electron chi connectivity index (χ2n) is 2.12. The zero-order chi connectivity index (χ0) is 8.53. The van der Waals surface area contributed by atoms with Crippen molar-refractivity contribution in [3.05, 3.63) is 36.6 Å². The Morgan fingerprint density at radius 3 is 2.64 bits per heavy atom. The van der Waals surface area contributed by atoms with Gasteiger partial charge in [-0.15, -0.1) is 6.58 Å². The van der Waals surface area contributed by atoms with Crippen molar-refractivity contribution in [2.75, 3.05) is 6.61 Å². The summed E-state index contributed by atoms with van der Waals surface area (Å²) < 4.78 is 5.38. The van der Waals surface area contributed by atoms with Crippen LogP contribution in [0.15, 0.2) is 36.6 Å². The fraction of sp³-hybridized carbons (Fsp3) is 0.400. The van der Waals surface area contributed by atoms with Gasteiger partial charge in [-0.25, -0.2) is 0 Å². The largest absolute Gasteiger partial charge is 0.494 e. The minimum absolute atomic E-state index is 0.716. The Morgan fingerprint density at radius 2 is 2.18 bits per heavy atom. The van der Waals surface area contributed by atoms with E-state index >= 15 is 0 Å². The molecule has 0 aliphatic carbocycles. The second-order valence-corrected chi connectivity index (χ2v) is 2.12. The minimum Gasteiger partial charge on any atom is -0.494 e. The number of ether oxygens (including phenoxy) is 1. The van der Waals surface area contributed by atoms with Crippen LogP contribution in [0.5, 0.6) is 0 Å². The first kappa shape index (κ1) is 10.0. The molecule has 0 atom stereocenters. The summed E-state index contributed by atoms with van der Waals surface area (Å²) in [6.07, 6.45) is 8.60. The Hall–Kier alpha value is -0.980. The molecule has 62 valence electrons. The highest BCUT2D eigenvalue weighted by Gasteiger charge is 1.87. The van der Waals surface area contributed by atoms with Crippen LogP contribution in [0.2, 0.25) is 0 Å². The normalized spacial score (nSPS) is 12.0. The molecule has 0 heterocycles. The van der Waals surface area contributed by atoms with E-state index in [1.807, 2.05) is 38.2 Å². The summed E-state index contributed by atoms with van der Waals surface area (Å²) in [5.74, 6) is 0.925. The van der Waals surface area contributed by atoms with E-state index in [1.54, 1.807) is 0 Å². The van der Waals surface area contributed by atoms with Gasteiger partial charge < -0.3 is 4.74 Å². The molecular weight excluding hydrogens is 136 g/mol. The van der Waals surface area contributed by atoms with Gasteiger partial charge in [0.25, 0.3) is 0 Å². The molecular formula is C10H16O. The average Bonchev–Trinajstić information content (AvgIpc) is 2.03. The Bertz CT molecular complexity index is 154. The topological polar surface area (TPSA) is 9.23 Å². The number of hydrogen-bond donors (Lipinski definition) is 0. The summed E-state index contributed by atoms with van der Waals surface area (Å²) in [6, 6.07) is 0. The van der Waals surface area contributed by atoms with Gasteiger partial charge in [0.2, 0.25) is 0 Å². The second kappa shape index (κ2) is 7.13. The monoisotopic (exact) mass is 152 g/mol. The smallest absolute Gasteiger partial charge is 0.114 e. The first-order valence-electron chi connectivity index (χ1n) is 3.87. The maximum Gasteiger partial charge on any atom is 0.114 e. The Morgan fingerprint density at radius 1 is 1.45 bits per heavy atom. The molecule has 0 saturated heterocycles.